The Morgan fingerprint density at radius 2 is 2.22 bits per heavy atom. The molecule has 0 N–H and O–H groups in total. The minimum Gasteiger partial charge on any atom is -0.355 e. The molecule has 0 aliphatic carbocycles. The van der Waals surface area contributed by atoms with Gasteiger partial charge in [-0.3, -0.25) is 9.59 Å². The number of carbonyl (C=O) groups excluding carboxylic acids is 2. The summed E-state index contributed by atoms with van der Waals surface area (Å²) in [6.07, 6.45) is 3.47. The molecule has 0 spiro atoms. The van der Waals surface area contributed by atoms with Crippen molar-refractivity contribution in [3.05, 3.63) is 18.3 Å². The predicted octanol–water partition coefficient (Wildman–Crippen LogP) is 0.437. The van der Waals surface area contributed by atoms with Gasteiger partial charge in [0.05, 0.1) is 11.6 Å². The minimum absolute atomic E-state index is 0.0569. The van der Waals surface area contributed by atoms with Crippen molar-refractivity contribution in [3.63, 3.8) is 0 Å². The van der Waals surface area contributed by atoms with Crippen LogP contribution in [-0.4, -0.2) is 76.2 Å². The van der Waals surface area contributed by atoms with Gasteiger partial charge < -0.3 is 14.7 Å². The van der Waals surface area contributed by atoms with Crippen molar-refractivity contribution in [3.8, 4) is 0 Å². The number of hydrogen-bond donors (Lipinski definition) is 0. The molecule has 0 saturated carbocycles. The van der Waals surface area contributed by atoms with Crippen LogP contribution in [0.4, 0.5) is 5.82 Å². The van der Waals surface area contributed by atoms with E-state index in [-0.39, 0.29) is 18.4 Å². The lowest BCUT2D eigenvalue weighted by Gasteiger charge is -2.37. The molecule has 0 aromatic carbocycles. The van der Waals surface area contributed by atoms with Gasteiger partial charge in [0.1, 0.15) is 6.54 Å². The lowest BCUT2D eigenvalue weighted by molar-refractivity contribution is -0.138. The third kappa shape index (κ3) is 3.74. The van der Waals surface area contributed by atoms with E-state index in [1.54, 1.807) is 22.9 Å². The molecule has 23 heavy (non-hydrogen) atoms. The highest BCUT2D eigenvalue weighted by molar-refractivity contribution is 8.00. The molecule has 124 valence electrons. The Morgan fingerprint density at radius 3 is 2.83 bits per heavy atom. The smallest absolute Gasteiger partial charge is 0.242 e. The lowest BCUT2D eigenvalue weighted by atomic mass is 10.0. The second-order valence-corrected chi connectivity index (χ2v) is 6.83. The number of piperidine rings is 1. The van der Waals surface area contributed by atoms with Crippen LogP contribution >= 0.6 is 11.8 Å². The average molecular weight is 335 g/mol. The molecular formula is C15H21N5O2S. The van der Waals surface area contributed by atoms with Crippen LogP contribution < -0.4 is 4.90 Å². The minimum atomic E-state index is 0.0569. The van der Waals surface area contributed by atoms with E-state index in [1.807, 2.05) is 24.1 Å². The topological polar surface area (TPSA) is 69.6 Å². The first-order valence-electron chi connectivity index (χ1n) is 7.79. The van der Waals surface area contributed by atoms with Crippen LogP contribution in [0.3, 0.4) is 0 Å². The van der Waals surface area contributed by atoms with E-state index >= 15 is 0 Å². The summed E-state index contributed by atoms with van der Waals surface area (Å²) in [4.78, 5) is 29.6. The number of thioether (sulfide) groups is 1. The molecule has 2 saturated heterocycles. The highest BCUT2D eigenvalue weighted by Gasteiger charge is 2.29. The van der Waals surface area contributed by atoms with Crippen LogP contribution in [0.5, 0.6) is 0 Å². The maximum absolute atomic E-state index is 12.3. The Balaban J connectivity index is 1.50. The van der Waals surface area contributed by atoms with E-state index in [0.29, 0.717) is 17.7 Å². The molecule has 7 nitrogen and oxygen atoms in total. The van der Waals surface area contributed by atoms with Crippen LogP contribution in [0, 0.1) is 0 Å². The van der Waals surface area contributed by atoms with Crippen molar-refractivity contribution < 1.29 is 9.59 Å². The number of anilines is 1. The van der Waals surface area contributed by atoms with Crippen LogP contribution in [0.2, 0.25) is 0 Å². The Labute approximate surface area is 140 Å². The molecule has 8 heteroatoms. The normalized spacial score (nSPS) is 19.3. The first kappa shape index (κ1) is 16.0. The highest BCUT2D eigenvalue weighted by atomic mass is 32.2. The van der Waals surface area contributed by atoms with Gasteiger partial charge in [0.15, 0.2) is 5.82 Å². The summed E-state index contributed by atoms with van der Waals surface area (Å²) >= 11 is 1.57. The van der Waals surface area contributed by atoms with Gasteiger partial charge in [-0.15, -0.1) is 16.9 Å². The van der Waals surface area contributed by atoms with Gasteiger partial charge in [0.2, 0.25) is 11.8 Å². The van der Waals surface area contributed by atoms with E-state index in [0.717, 1.165) is 31.7 Å². The molecule has 2 aliphatic heterocycles. The van der Waals surface area contributed by atoms with Gasteiger partial charge in [0, 0.05) is 32.4 Å². The Bertz CT molecular complexity index is 562. The van der Waals surface area contributed by atoms with Crippen LogP contribution in [0.25, 0.3) is 0 Å². The number of likely N-dealkylation sites (tertiary alicyclic amines) is 1. The monoisotopic (exact) mass is 335 g/mol. The van der Waals surface area contributed by atoms with Crippen molar-refractivity contribution in [1.82, 2.24) is 20.0 Å². The highest BCUT2D eigenvalue weighted by Crippen LogP contribution is 2.21. The summed E-state index contributed by atoms with van der Waals surface area (Å²) in [5, 5.41) is 8.05. The summed E-state index contributed by atoms with van der Waals surface area (Å²) in [7, 11) is 2.02. The van der Waals surface area contributed by atoms with Crippen molar-refractivity contribution in [2.75, 3.05) is 43.2 Å². The molecule has 0 unspecified atom stereocenters. The van der Waals surface area contributed by atoms with E-state index < -0.39 is 0 Å². The van der Waals surface area contributed by atoms with Crippen molar-refractivity contribution in [2.45, 2.75) is 18.9 Å². The second kappa shape index (κ2) is 7.16. The first-order chi connectivity index (χ1) is 11.1. The average Bonchev–Trinajstić information content (AvgIpc) is 3.00. The molecule has 0 atom stereocenters. The number of rotatable bonds is 4. The SMILES string of the molecule is CN(c1cccnn1)C1CCN(C(=O)CN2CSCC2=O)CC1. The maximum Gasteiger partial charge on any atom is 0.242 e. The summed E-state index contributed by atoms with van der Waals surface area (Å²) in [6, 6.07) is 4.18. The third-order valence-electron chi connectivity index (χ3n) is 4.44. The molecule has 2 amide bonds. The van der Waals surface area contributed by atoms with Crippen LogP contribution in [0.1, 0.15) is 12.8 Å². The Morgan fingerprint density at radius 1 is 1.43 bits per heavy atom. The number of nitrogens with zero attached hydrogens (tertiary/aromatic N) is 5. The van der Waals surface area contributed by atoms with E-state index in [2.05, 4.69) is 15.1 Å². The summed E-state index contributed by atoms with van der Waals surface area (Å²) < 4.78 is 0. The van der Waals surface area contributed by atoms with Crippen molar-refractivity contribution in [2.24, 2.45) is 0 Å². The molecule has 3 heterocycles. The van der Waals surface area contributed by atoms with Crippen molar-refractivity contribution >= 4 is 29.4 Å². The molecule has 0 radical (unpaired) electrons. The number of hydrogen-bond acceptors (Lipinski definition) is 6. The summed E-state index contributed by atoms with van der Waals surface area (Å²) in [5.74, 6) is 2.12. The van der Waals surface area contributed by atoms with Crippen LogP contribution in [0.15, 0.2) is 18.3 Å². The van der Waals surface area contributed by atoms with E-state index in [4.69, 9.17) is 0 Å². The first-order valence-corrected chi connectivity index (χ1v) is 8.94. The zero-order valence-corrected chi connectivity index (χ0v) is 14.0. The van der Waals surface area contributed by atoms with Gasteiger partial charge in [-0.1, -0.05) is 0 Å². The fraction of sp³-hybridized carbons (Fsp3) is 0.600. The largest absolute Gasteiger partial charge is 0.355 e. The Hall–Kier alpha value is -1.83. The fourth-order valence-corrected chi connectivity index (χ4v) is 3.88. The maximum atomic E-state index is 12.3. The quantitative estimate of drug-likeness (QED) is 0.795. The predicted molar refractivity (Wildman–Crippen MR) is 89.1 cm³/mol. The number of carbonyl (C=O) groups is 2. The molecular weight excluding hydrogens is 314 g/mol. The van der Waals surface area contributed by atoms with Gasteiger partial charge in [-0.2, -0.15) is 5.10 Å². The molecule has 2 aliphatic rings. The lowest BCUT2D eigenvalue weighted by Crippen LogP contribution is -2.48. The third-order valence-corrected chi connectivity index (χ3v) is 5.38. The van der Waals surface area contributed by atoms with Crippen LogP contribution in [-0.2, 0) is 9.59 Å². The molecule has 2 fully saturated rings. The zero-order chi connectivity index (χ0) is 16.2. The van der Waals surface area contributed by atoms with Crippen molar-refractivity contribution in [1.29, 1.82) is 0 Å². The standard InChI is InChI=1S/C15H21N5O2S/c1-18(13-3-2-6-16-17-13)12-4-7-19(8-5-12)14(21)9-20-11-23-10-15(20)22/h2-3,6,12H,4-5,7-11H2,1H3. The summed E-state index contributed by atoms with van der Waals surface area (Å²) in [6.45, 7) is 1.67. The van der Waals surface area contributed by atoms with Gasteiger partial charge in [0.25, 0.3) is 0 Å². The zero-order valence-electron chi connectivity index (χ0n) is 13.2. The second-order valence-electron chi connectivity index (χ2n) is 5.87. The van der Waals surface area contributed by atoms with Gasteiger partial charge in [-0.05, 0) is 25.0 Å². The number of aromatic nitrogens is 2. The van der Waals surface area contributed by atoms with E-state index in [9.17, 15) is 9.59 Å². The van der Waals surface area contributed by atoms with Gasteiger partial charge in [-0.25, -0.2) is 0 Å². The van der Waals surface area contributed by atoms with E-state index in [1.165, 1.54) is 0 Å². The molecule has 0 bridgehead atoms. The fourth-order valence-electron chi connectivity index (χ4n) is 2.97. The molecule has 3 rings (SSSR count). The Kier molecular flexibility index (Phi) is 5.00. The summed E-state index contributed by atoms with van der Waals surface area (Å²) in [5.41, 5.74) is 0. The van der Waals surface area contributed by atoms with Gasteiger partial charge >= 0.3 is 0 Å². The molecule has 1 aromatic rings. The molecule has 1 aromatic heterocycles. The number of amides is 2.